The van der Waals surface area contributed by atoms with Crippen LogP contribution in [0.3, 0.4) is 0 Å². The summed E-state index contributed by atoms with van der Waals surface area (Å²) in [4.78, 5) is 14.0. The number of benzene rings is 2. The molecule has 1 heterocycles. The third-order valence-corrected chi connectivity index (χ3v) is 4.86. The van der Waals surface area contributed by atoms with E-state index in [-0.39, 0.29) is 6.09 Å². The van der Waals surface area contributed by atoms with Crippen LogP contribution in [-0.2, 0) is 24.3 Å². The lowest BCUT2D eigenvalue weighted by molar-refractivity contribution is 0.0917. The summed E-state index contributed by atoms with van der Waals surface area (Å²) < 4.78 is 11.7. The van der Waals surface area contributed by atoms with E-state index >= 15 is 0 Å². The molecule has 4 nitrogen and oxygen atoms in total. The minimum absolute atomic E-state index is 0.283. The van der Waals surface area contributed by atoms with Crippen molar-refractivity contribution in [3.63, 3.8) is 0 Å². The number of carbonyl (C=O) groups is 1. The van der Waals surface area contributed by atoms with Crippen LogP contribution in [0.15, 0.2) is 46.9 Å². The molecular weight excluding hydrogens is 358 g/mol. The Morgan fingerprint density at radius 2 is 2.00 bits per heavy atom. The summed E-state index contributed by atoms with van der Waals surface area (Å²) in [6.07, 6.45) is 0.535. The van der Waals surface area contributed by atoms with Gasteiger partial charge >= 0.3 is 6.09 Å². The first-order valence-electron chi connectivity index (χ1n) is 7.49. The smallest absolute Gasteiger partial charge is 0.410 e. The van der Waals surface area contributed by atoms with Crippen LogP contribution in [0.5, 0.6) is 5.75 Å². The third kappa shape index (κ3) is 3.50. The summed E-state index contributed by atoms with van der Waals surface area (Å²) in [6.45, 7) is 1.49. The second-order valence-corrected chi connectivity index (χ2v) is 6.22. The van der Waals surface area contributed by atoms with Gasteiger partial charge < -0.3 is 14.4 Å². The van der Waals surface area contributed by atoms with Crippen molar-refractivity contribution in [1.82, 2.24) is 4.90 Å². The number of fused-ring (bicyclic) bond motifs is 1. The molecule has 5 heteroatoms. The molecule has 120 valence electrons. The van der Waals surface area contributed by atoms with Gasteiger partial charge in [-0.2, -0.15) is 0 Å². The molecule has 0 aliphatic carbocycles. The molecule has 1 aliphatic rings. The summed E-state index contributed by atoms with van der Waals surface area (Å²) in [6, 6.07) is 13.7. The van der Waals surface area contributed by atoms with Crippen molar-refractivity contribution >= 4 is 22.0 Å². The van der Waals surface area contributed by atoms with E-state index in [1.54, 1.807) is 12.0 Å². The zero-order chi connectivity index (χ0) is 16.2. The Morgan fingerprint density at radius 1 is 1.22 bits per heavy atom. The van der Waals surface area contributed by atoms with E-state index in [1.807, 2.05) is 36.4 Å². The number of hydrogen-bond donors (Lipinski definition) is 0. The van der Waals surface area contributed by atoms with Crippen molar-refractivity contribution in [3.8, 4) is 5.75 Å². The molecule has 0 saturated heterocycles. The molecule has 2 aromatic carbocycles. The standard InChI is InChI=1S/C18H18BrNO3/c1-22-16-8-7-14-9-10-20(11-15(14)17(16)19)18(21)23-12-13-5-3-2-4-6-13/h2-8H,9-12H2,1H3. The van der Waals surface area contributed by atoms with Gasteiger partial charge in [0, 0.05) is 6.54 Å². The molecule has 2 aromatic rings. The van der Waals surface area contributed by atoms with E-state index in [0.29, 0.717) is 19.7 Å². The van der Waals surface area contributed by atoms with E-state index in [9.17, 15) is 4.79 Å². The Morgan fingerprint density at radius 3 is 2.74 bits per heavy atom. The summed E-state index contributed by atoms with van der Waals surface area (Å²) in [5.41, 5.74) is 3.32. The SMILES string of the molecule is COc1ccc2c(c1Br)CN(C(=O)OCc1ccccc1)CC2. The van der Waals surface area contributed by atoms with Crippen LogP contribution in [-0.4, -0.2) is 24.6 Å². The van der Waals surface area contributed by atoms with Crippen LogP contribution in [0.25, 0.3) is 0 Å². The van der Waals surface area contributed by atoms with Crippen molar-refractivity contribution < 1.29 is 14.3 Å². The van der Waals surface area contributed by atoms with Crippen molar-refractivity contribution in [2.75, 3.05) is 13.7 Å². The average Bonchev–Trinajstić information content (AvgIpc) is 2.61. The summed E-state index contributed by atoms with van der Waals surface area (Å²) in [5.74, 6) is 0.781. The zero-order valence-corrected chi connectivity index (χ0v) is 14.5. The van der Waals surface area contributed by atoms with Crippen LogP contribution < -0.4 is 4.74 Å². The largest absolute Gasteiger partial charge is 0.496 e. The minimum atomic E-state index is -0.283. The fourth-order valence-electron chi connectivity index (χ4n) is 2.69. The molecule has 0 fully saturated rings. The highest BCUT2D eigenvalue weighted by molar-refractivity contribution is 9.10. The maximum Gasteiger partial charge on any atom is 0.410 e. The van der Waals surface area contributed by atoms with E-state index in [1.165, 1.54) is 5.56 Å². The van der Waals surface area contributed by atoms with E-state index in [2.05, 4.69) is 22.0 Å². The minimum Gasteiger partial charge on any atom is -0.496 e. The Labute approximate surface area is 144 Å². The molecule has 0 radical (unpaired) electrons. The summed E-state index contributed by atoms with van der Waals surface area (Å²) in [7, 11) is 1.64. The van der Waals surface area contributed by atoms with Crippen molar-refractivity contribution in [2.24, 2.45) is 0 Å². The first-order chi connectivity index (χ1) is 11.2. The monoisotopic (exact) mass is 375 g/mol. The quantitative estimate of drug-likeness (QED) is 0.808. The number of carbonyl (C=O) groups excluding carboxylic acids is 1. The van der Waals surface area contributed by atoms with Crippen molar-refractivity contribution in [1.29, 1.82) is 0 Å². The number of nitrogens with zero attached hydrogens (tertiary/aromatic N) is 1. The molecule has 1 amide bonds. The van der Waals surface area contributed by atoms with Crippen LogP contribution in [0.4, 0.5) is 4.79 Å². The number of halogens is 1. The Bertz CT molecular complexity index is 703. The lowest BCUT2D eigenvalue weighted by atomic mass is 10.00. The molecule has 3 rings (SSSR count). The molecule has 1 aliphatic heterocycles. The summed E-state index contributed by atoms with van der Waals surface area (Å²) >= 11 is 3.58. The molecule has 0 N–H and O–H groups in total. The highest BCUT2D eigenvalue weighted by Gasteiger charge is 2.24. The molecule has 0 spiro atoms. The van der Waals surface area contributed by atoms with Gasteiger partial charge in [-0.05, 0) is 45.1 Å². The molecule has 0 saturated carbocycles. The van der Waals surface area contributed by atoms with Crippen LogP contribution in [0, 0.1) is 0 Å². The normalized spacial score (nSPS) is 13.4. The molecular formula is C18H18BrNO3. The average molecular weight is 376 g/mol. The topological polar surface area (TPSA) is 38.8 Å². The summed E-state index contributed by atoms with van der Waals surface area (Å²) in [5, 5.41) is 0. The number of amides is 1. The van der Waals surface area contributed by atoms with E-state index in [0.717, 1.165) is 27.8 Å². The van der Waals surface area contributed by atoms with Crippen molar-refractivity contribution in [3.05, 3.63) is 63.6 Å². The predicted molar refractivity (Wildman–Crippen MR) is 91.4 cm³/mol. The van der Waals surface area contributed by atoms with Gasteiger partial charge in [0.05, 0.1) is 18.1 Å². The number of methoxy groups -OCH3 is 1. The Hall–Kier alpha value is -2.01. The predicted octanol–water partition coefficient (Wildman–Crippen LogP) is 4.15. The van der Waals surface area contributed by atoms with Crippen molar-refractivity contribution in [2.45, 2.75) is 19.6 Å². The van der Waals surface area contributed by atoms with E-state index in [4.69, 9.17) is 9.47 Å². The molecule has 0 atom stereocenters. The fraction of sp³-hybridized carbons (Fsp3) is 0.278. The lowest BCUT2D eigenvalue weighted by Crippen LogP contribution is -2.36. The van der Waals surface area contributed by atoms with Gasteiger partial charge in [0.1, 0.15) is 12.4 Å². The van der Waals surface area contributed by atoms with Gasteiger partial charge in [-0.3, -0.25) is 0 Å². The molecule has 23 heavy (non-hydrogen) atoms. The van der Waals surface area contributed by atoms with Gasteiger partial charge in [0.15, 0.2) is 0 Å². The number of hydrogen-bond acceptors (Lipinski definition) is 3. The first-order valence-corrected chi connectivity index (χ1v) is 8.28. The van der Waals surface area contributed by atoms with Gasteiger partial charge in [0.2, 0.25) is 0 Å². The molecule has 0 bridgehead atoms. The van der Waals surface area contributed by atoms with Gasteiger partial charge in [-0.25, -0.2) is 4.79 Å². The zero-order valence-electron chi connectivity index (χ0n) is 12.9. The van der Waals surface area contributed by atoms with Crippen LogP contribution in [0.2, 0.25) is 0 Å². The first kappa shape index (κ1) is 15.9. The van der Waals surface area contributed by atoms with Crippen LogP contribution in [0.1, 0.15) is 16.7 Å². The second-order valence-electron chi connectivity index (χ2n) is 5.43. The lowest BCUT2D eigenvalue weighted by Gasteiger charge is -2.29. The van der Waals surface area contributed by atoms with E-state index < -0.39 is 0 Å². The maximum atomic E-state index is 12.3. The van der Waals surface area contributed by atoms with Gasteiger partial charge in [-0.1, -0.05) is 36.4 Å². The second kappa shape index (κ2) is 7.04. The highest BCUT2D eigenvalue weighted by Crippen LogP contribution is 2.34. The fourth-order valence-corrected chi connectivity index (χ4v) is 3.37. The van der Waals surface area contributed by atoms with Gasteiger partial charge in [0.25, 0.3) is 0 Å². The number of rotatable bonds is 3. The van der Waals surface area contributed by atoms with Gasteiger partial charge in [-0.15, -0.1) is 0 Å². The van der Waals surface area contributed by atoms with Crippen LogP contribution >= 0.6 is 15.9 Å². The molecule has 0 aromatic heterocycles. The Balaban J connectivity index is 1.67. The Kier molecular flexibility index (Phi) is 4.86. The highest BCUT2D eigenvalue weighted by atomic mass is 79.9. The maximum absolute atomic E-state index is 12.3. The number of ether oxygens (including phenoxy) is 2. The molecule has 0 unspecified atom stereocenters. The third-order valence-electron chi connectivity index (χ3n) is 3.99.